The molecule has 35 heavy (non-hydrogen) atoms. The van der Waals surface area contributed by atoms with Crippen LogP contribution in [0.2, 0.25) is 0 Å². The van der Waals surface area contributed by atoms with E-state index in [1.54, 1.807) is 14.2 Å². The van der Waals surface area contributed by atoms with Crippen LogP contribution in [0.3, 0.4) is 0 Å². The summed E-state index contributed by atoms with van der Waals surface area (Å²) in [6, 6.07) is 15.7. The standard InChI is InChI=1S/C27H31N3O4S/c1-17(2)30(14-20(31)12-18-8-6-5-7-9-18)15-24-28-26(32)25-21(16-35-27(25)29-24)19-10-11-22(33-3)23(13-19)34-4/h5-11,13,16-17,20,31H,12,14-15H2,1-4H3,(H,28,29,32). The first-order chi connectivity index (χ1) is 16.9. The molecule has 2 aromatic heterocycles. The van der Waals surface area contributed by atoms with Gasteiger partial charge in [0.2, 0.25) is 0 Å². The van der Waals surface area contributed by atoms with E-state index in [4.69, 9.17) is 14.5 Å². The summed E-state index contributed by atoms with van der Waals surface area (Å²) in [7, 11) is 3.18. The molecule has 0 fully saturated rings. The summed E-state index contributed by atoms with van der Waals surface area (Å²) in [6.45, 7) is 5.08. The normalized spacial score (nSPS) is 12.4. The highest BCUT2D eigenvalue weighted by Crippen LogP contribution is 2.36. The number of nitrogens with zero attached hydrogens (tertiary/aromatic N) is 2. The number of hydrogen-bond acceptors (Lipinski definition) is 7. The lowest BCUT2D eigenvalue weighted by molar-refractivity contribution is 0.0892. The molecule has 184 valence electrons. The molecule has 0 aliphatic rings. The summed E-state index contributed by atoms with van der Waals surface area (Å²) < 4.78 is 10.7. The Morgan fingerprint density at radius 2 is 1.83 bits per heavy atom. The maximum atomic E-state index is 13.1. The number of nitrogens with one attached hydrogen (secondary N) is 1. The molecule has 2 aromatic carbocycles. The SMILES string of the molecule is COc1ccc(-c2csc3nc(CN(CC(O)Cc4ccccc4)C(C)C)[nH]c(=O)c23)cc1OC. The molecule has 0 radical (unpaired) electrons. The van der Waals surface area contributed by atoms with Crippen molar-refractivity contribution in [3.63, 3.8) is 0 Å². The van der Waals surface area contributed by atoms with Crippen molar-refractivity contribution in [2.24, 2.45) is 0 Å². The van der Waals surface area contributed by atoms with Crippen LogP contribution < -0.4 is 15.0 Å². The fraction of sp³-hybridized carbons (Fsp3) is 0.333. The van der Waals surface area contributed by atoms with Gasteiger partial charge in [0.25, 0.3) is 5.56 Å². The van der Waals surface area contributed by atoms with Crippen LogP contribution in [0.5, 0.6) is 11.5 Å². The Hall–Kier alpha value is -3.20. The van der Waals surface area contributed by atoms with Crippen LogP contribution in [-0.4, -0.2) is 52.9 Å². The third-order valence-corrected chi connectivity index (χ3v) is 6.90. The van der Waals surface area contributed by atoms with E-state index in [0.717, 1.165) is 16.7 Å². The Labute approximate surface area is 209 Å². The van der Waals surface area contributed by atoms with Gasteiger partial charge in [0.15, 0.2) is 11.5 Å². The minimum atomic E-state index is -0.520. The zero-order valence-electron chi connectivity index (χ0n) is 20.4. The first-order valence-corrected chi connectivity index (χ1v) is 12.5. The highest BCUT2D eigenvalue weighted by molar-refractivity contribution is 7.17. The zero-order valence-corrected chi connectivity index (χ0v) is 21.3. The van der Waals surface area contributed by atoms with Gasteiger partial charge in [0.1, 0.15) is 10.7 Å². The van der Waals surface area contributed by atoms with Gasteiger partial charge in [0.05, 0.1) is 32.3 Å². The molecule has 7 nitrogen and oxygen atoms in total. The number of aliphatic hydroxyl groups is 1. The average molecular weight is 494 g/mol. The number of benzene rings is 2. The molecule has 4 aromatic rings. The number of hydrogen-bond donors (Lipinski definition) is 2. The van der Waals surface area contributed by atoms with E-state index in [0.29, 0.717) is 47.1 Å². The summed E-state index contributed by atoms with van der Waals surface area (Å²) in [5, 5.41) is 13.2. The van der Waals surface area contributed by atoms with Crippen molar-refractivity contribution < 1.29 is 14.6 Å². The summed E-state index contributed by atoms with van der Waals surface area (Å²) >= 11 is 1.44. The second-order valence-electron chi connectivity index (χ2n) is 8.78. The topological polar surface area (TPSA) is 87.7 Å². The van der Waals surface area contributed by atoms with E-state index < -0.39 is 6.10 Å². The molecule has 0 aliphatic heterocycles. The van der Waals surface area contributed by atoms with Crippen LogP contribution in [0.4, 0.5) is 0 Å². The molecule has 2 N–H and O–H groups in total. The van der Waals surface area contributed by atoms with Gasteiger partial charge in [-0.3, -0.25) is 9.69 Å². The fourth-order valence-corrected chi connectivity index (χ4v) is 5.12. The highest BCUT2D eigenvalue weighted by Gasteiger charge is 2.19. The Kier molecular flexibility index (Phi) is 7.85. The Morgan fingerprint density at radius 3 is 2.51 bits per heavy atom. The van der Waals surface area contributed by atoms with E-state index in [1.165, 1.54) is 11.3 Å². The highest BCUT2D eigenvalue weighted by atomic mass is 32.1. The van der Waals surface area contributed by atoms with E-state index in [2.05, 4.69) is 23.7 Å². The number of aromatic amines is 1. The maximum absolute atomic E-state index is 13.1. The summed E-state index contributed by atoms with van der Waals surface area (Å²) in [5.74, 6) is 1.82. The molecule has 8 heteroatoms. The molecular formula is C27H31N3O4S. The first-order valence-electron chi connectivity index (χ1n) is 11.6. The van der Waals surface area contributed by atoms with Gasteiger partial charge in [-0.2, -0.15) is 0 Å². The van der Waals surface area contributed by atoms with E-state index in [1.807, 2.05) is 53.9 Å². The van der Waals surface area contributed by atoms with Gasteiger partial charge in [-0.25, -0.2) is 4.98 Å². The second-order valence-corrected chi connectivity index (χ2v) is 9.64. The lowest BCUT2D eigenvalue weighted by atomic mass is 10.1. The van der Waals surface area contributed by atoms with Crippen LogP contribution in [0, 0.1) is 0 Å². The lowest BCUT2D eigenvalue weighted by Gasteiger charge is -2.28. The molecule has 0 saturated carbocycles. The predicted octanol–water partition coefficient (Wildman–Crippen LogP) is 4.48. The van der Waals surface area contributed by atoms with Gasteiger partial charge in [-0.05, 0) is 43.5 Å². The summed E-state index contributed by atoms with van der Waals surface area (Å²) in [6.07, 6.45) is 0.0563. The number of methoxy groups -OCH3 is 2. The molecule has 0 saturated heterocycles. The Balaban J connectivity index is 1.57. The molecule has 1 unspecified atom stereocenters. The molecule has 4 rings (SSSR count). The summed E-state index contributed by atoms with van der Waals surface area (Å²) in [4.78, 5) is 23.7. The molecular weight excluding hydrogens is 462 g/mol. The minimum absolute atomic E-state index is 0.173. The average Bonchev–Trinajstić information content (AvgIpc) is 3.28. The molecule has 0 amide bonds. The molecule has 0 aliphatic carbocycles. The van der Waals surface area contributed by atoms with E-state index >= 15 is 0 Å². The van der Waals surface area contributed by atoms with E-state index in [9.17, 15) is 9.90 Å². The largest absolute Gasteiger partial charge is 0.493 e. The maximum Gasteiger partial charge on any atom is 0.260 e. The van der Waals surface area contributed by atoms with Crippen molar-refractivity contribution in [1.82, 2.24) is 14.9 Å². The Morgan fingerprint density at radius 1 is 1.09 bits per heavy atom. The zero-order chi connectivity index (χ0) is 24.9. The van der Waals surface area contributed by atoms with Crippen molar-refractivity contribution in [2.45, 2.75) is 39.0 Å². The van der Waals surface area contributed by atoms with Crippen LogP contribution in [0.25, 0.3) is 21.3 Å². The number of H-pyrrole nitrogens is 1. The van der Waals surface area contributed by atoms with Gasteiger partial charge in [-0.15, -0.1) is 11.3 Å². The molecule has 2 heterocycles. The minimum Gasteiger partial charge on any atom is -0.493 e. The third kappa shape index (κ3) is 5.73. The van der Waals surface area contributed by atoms with Crippen molar-refractivity contribution >= 4 is 21.6 Å². The Bertz CT molecular complexity index is 1330. The van der Waals surface area contributed by atoms with Crippen molar-refractivity contribution in [3.8, 4) is 22.6 Å². The van der Waals surface area contributed by atoms with Crippen LogP contribution >= 0.6 is 11.3 Å². The van der Waals surface area contributed by atoms with Gasteiger partial charge in [-0.1, -0.05) is 36.4 Å². The smallest absolute Gasteiger partial charge is 0.260 e. The van der Waals surface area contributed by atoms with Gasteiger partial charge >= 0.3 is 0 Å². The molecule has 0 spiro atoms. The monoisotopic (exact) mass is 493 g/mol. The van der Waals surface area contributed by atoms with Crippen molar-refractivity contribution in [1.29, 1.82) is 0 Å². The number of fused-ring (bicyclic) bond motifs is 1. The number of ether oxygens (including phenoxy) is 2. The van der Waals surface area contributed by atoms with Crippen molar-refractivity contribution in [3.05, 3.63) is 75.7 Å². The van der Waals surface area contributed by atoms with Crippen LogP contribution in [0.15, 0.2) is 58.7 Å². The van der Waals surface area contributed by atoms with E-state index in [-0.39, 0.29) is 11.6 Å². The van der Waals surface area contributed by atoms with Gasteiger partial charge in [0, 0.05) is 23.5 Å². The number of thiophene rings is 1. The molecule has 1 atom stereocenters. The number of rotatable bonds is 10. The van der Waals surface area contributed by atoms with Crippen LogP contribution in [0.1, 0.15) is 25.2 Å². The van der Waals surface area contributed by atoms with Gasteiger partial charge < -0.3 is 19.6 Å². The lowest BCUT2D eigenvalue weighted by Crippen LogP contribution is -2.38. The number of aromatic nitrogens is 2. The fourth-order valence-electron chi connectivity index (χ4n) is 4.16. The second kappa shape index (κ2) is 11.0. The summed E-state index contributed by atoms with van der Waals surface area (Å²) in [5.41, 5.74) is 2.59. The first kappa shape index (κ1) is 24.9. The van der Waals surface area contributed by atoms with Crippen molar-refractivity contribution in [2.75, 3.05) is 20.8 Å². The third-order valence-electron chi connectivity index (χ3n) is 6.03. The molecule has 0 bridgehead atoms. The predicted molar refractivity (Wildman–Crippen MR) is 140 cm³/mol. The quantitative estimate of drug-likeness (QED) is 0.339. The number of aliphatic hydroxyl groups excluding tert-OH is 1. The van der Waals surface area contributed by atoms with Crippen LogP contribution in [-0.2, 0) is 13.0 Å².